The van der Waals surface area contributed by atoms with Gasteiger partial charge in [-0.3, -0.25) is 9.79 Å². The van der Waals surface area contributed by atoms with Crippen LogP contribution in [0.4, 0.5) is 13.2 Å². The fourth-order valence-corrected chi connectivity index (χ4v) is 4.72. The Balaban J connectivity index is 1.51. The van der Waals surface area contributed by atoms with Gasteiger partial charge in [0.05, 0.1) is 12.2 Å². The standard InChI is InChI=1S/C24H24F3N5O2/c1-34-23-18(3-2-10-28-23)17-5-4-15(25)11-14(17)12-20-30-21-19(22(33)31-20)13-29-32(21)16-6-8-24(26,27)9-7-16/h3-5,10-11,13,16,23H,2,6-9,12H2,1H3,(H,30,31,33). The number of hydrogen-bond donors (Lipinski definition) is 1. The van der Waals surface area contributed by atoms with E-state index in [-0.39, 0.29) is 43.7 Å². The highest BCUT2D eigenvalue weighted by Crippen LogP contribution is 2.39. The van der Waals surface area contributed by atoms with Gasteiger partial charge < -0.3 is 9.72 Å². The molecule has 3 aromatic rings. The lowest BCUT2D eigenvalue weighted by molar-refractivity contribution is -0.0446. The van der Waals surface area contributed by atoms with Crippen LogP contribution in [0.3, 0.4) is 0 Å². The quantitative estimate of drug-likeness (QED) is 0.597. The molecule has 0 bridgehead atoms. The van der Waals surface area contributed by atoms with Crippen molar-refractivity contribution in [2.45, 2.75) is 56.7 Å². The number of H-pyrrole nitrogens is 1. The lowest BCUT2D eigenvalue weighted by Gasteiger charge is -2.28. The Bertz CT molecular complexity index is 1330. The summed E-state index contributed by atoms with van der Waals surface area (Å²) in [6, 6.07) is 4.20. The zero-order chi connectivity index (χ0) is 23.9. The minimum atomic E-state index is -2.67. The van der Waals surface area contributed by atoms with Crippen molar-refractivity contribution in [2.24, 2.45) is 4.99 Å². The van der Waals surface area contributed by atoms with Crippen molar-refractivity contribution >= 4 is 22.8 Å². The van der Waals surface area contributed by atoms with Gasteiger partial charge in [0.1, 0.15) is 17.0 Å². The summed E-state index contributed by atoms with van der Waals surface area (Å²) in [6.07, 6.45) is 5.51. The number of halogens is 3. The fraction of sp³-hybridized carbons (Fsp3) is 0.417. The smallest absolute Gasteiger partial charge is 0.262 e. The van der Waals surface area contributed by atoms with Crippen LogP contribution >= 0.6 is 0 Å². The van der Waals surface area contributed by atoms with Crippen LogP contribution in [0.1, 0.15) is 55.1 Å². The number of methoxy groups -OCH3 is 1. The van der Waals surface area contributed by atoms with Crippen LogP contribution in [-0.2, 0) is 11.2 Å². The molecule has 1 saturated carbocycles. The maximum Gasteiger partial charge on any atom is 0.262 e. The van der Waals surface area contributed by atoms with Crippen LogP contribution in [0.2, 0.25) is 0 Å². The normalized spacial score (nSPS) is 20.6. The van der Waals surface area contributed by atoms with Crippen LogP contribution < -0.4 is 5.56 Å². The molecular formula is C24H24F3N5O2. The first kappa shape index (κ1) is 22.5. The highest BCUT2D eigenvalue weighted by atomic mass is 19.3. The van der Waals surface area contributed by atoms with Crippen LogP contribution in [-0.4, -0.2) is 45.2 Å². The summed E-state index contributed by atoms with van der Waals surface area (Å²) in [5.41, 5.74) is 2.17. The van der Waals surface area contributed by atoms with E-state index in [0.29, 0.717) is 28.8 Å². The number of aromatic nitrogens is 4. The fourth-order valence-electron chi connectivity index (χ4n) is 4.72. The summed E-state index contributed by atoms with van der Waals surface area (Å²) in [6.45, 7) is 0. The van der Waals surface area contributed by atoms with E-state index >= 15 is 0 Å². The Kier molecular flexibility index (Phi) is 5.85. The van der Waals surface area contributed by atoms with Crippen molar-refractivity contribution in [3.63, 3.8) is 0 Å². The highest BCUT2D eigenvalue weighted by molar-refractivity contribution is 5.78. The largest absolute Gasteiger partial charge is 0.355 e. The molecule has 0 radical (unpaired) electrons. The number of aliphatic imine (C=N–C) groups is 1. The number of benzene rings is 1. The number of nitrogens with zero attached hydrogens (tertiary/aromatic N) is 4. The van der Waals surface area contributed by atoms with Gasteiger partial charge in [-0.25, -0.2) is 22.8 Å². The summed E-state index contributed by atoms with van der Waals surface area (Å²) >= 11 is 0. The first-order chi connectivity index (χ1) is 16.3. The zero-order valence-electron chi connectivity index (χ0n) is 18.6. The van der Waals surface area contributed by atoms with Crippen LogP contribution in [0.15, 0.2) is 40.3 Å². The predicted molar refractivity (Wildman–Crippen MR) is 122 cm³/mol. The monoisotopic (exact) mass is 471 g/mol. The van der Waals surface area contributed by atoms with Crippen LogP contribution in [0, 0.1) is 5.82 Å². The molecule has 1 aliphatic heterocycles. The molecule has 1 unspecified atom stereocenters. The Morgan fingerprint density at radius 2 is 2.06 bits per heavy atom. The topological polar surface area (TPSA) is 85.2 Å². The van der Waals surface area contributed by atoms with Crippen molar-refractivity contribution < 1.29 is 17.9 Å². The first-order valence-corrected chi connectivity index (χ1v) is 11.2. The third-order valence-electron chi connectivity index (χ3n) is 6.45. The molecule has 2 aromatic heterocycles. The van der Waals surface area contributed by atoms with Gasteiger partial charge in [-0.1, -0.05) is 12.1 Å². The number of rotatable bonds is 5. The minimum Gasteiger partial charge on any atom is -0.355 e. The second kappa shape index (κ2) is 8.83. The van der Waals surface area contributed by atoms with E-state index in [0.717, 1.165) is 11.1 Å². The van der Waals surface area contributed by atoms with E-state index in [2.05, 4.69) is 20.1 Å². The molecule has 7 nitrogen and oxygen atoms in total. The van der Waals surface area contributed by atoms with E-state index < -0.39 is 18.0 Å². The van der Waals surface area contributed by atoms with Gasteiger partial charge in [0.2, 0.25) is 5.92 Å². The maximum atomic E-state index is 14.2. The average Bonchev–Trinajstić information content (AvgIpc) is 3.24. The van der Waals surface area contributed by atoms with E-state index in [1.807, 2.05) is 6.08 Å². The van der Waals surface area contributed by atoms with Gasteiger partial charge in [0.15, 0.2) is 11.9 Å². The molecular weight excluding hydrogens is 447 g/mol. The summed E-state index contributed by atoms with van der Waals surface area (Å²) < 4.78 is 48.5. The van der Waals surface area contributed by atoms with E-state index in [9.17, 15) is 18.0 Å². The minimum absolute atomic E-state index is 0.156. The third kappa shape index (κ3) is 4.29. The molecule has 2 aliphatic rings. The SMILES string of the molecule is COC1N=CCC=C1c1ccc(F)cc1Cc1nc2c(cnn2C2CCC(F)(F)CC2)c(=O)[nH]1. The predicted octanol–water partition coefficient (Wildman–Crippen LogP) is 4.43. The summed E-state index contributed by atoms with van der Waals surface area (Å²) in [5, 5.41) is 4.59. The van der Waals surface area contributed by atoms with E-state index in [1.165, 1.54) is 18.3 Å². The number of ether oxygens (including phenoxy) is 1. The molecule has 10 heteroatoms. The third-order valence-corrected chi connectivity index (χ3v) is 6.45. The van der Waals surface area contributed by atoms with Crippen molar-refractivity contribution in [3.05, 3.63) is 63.6 Å². The number of alkyl halides is 2. The molecule has 34 heavy (non-hydrogen) atoms. The Labute approximate surface area is 193 Å². The summed E-state index contributed by atoms with van der Waals surface area (Å²) in [7, 11) is 1.56. The molecule has 0 amide bonds. The van der Waals surface area contributed by atoms with E-state index in [1.54, 1.807) is 24.1 Å². The molecule has 1 fully saturated rings. The summed E-state index contributed by atoms with van der Waals surface area (Å²) in [4.78, 5) is 24.5. The number of hydrogen-bond acceptors (Lipinski definition) is 5. The Morgan fingerprint density at radius 1 is 1.26 bits per heavy atom. The average molecular weight is 471 g/mol. The van der Waals surface area contributed by atoms with Crippen LogP contribution in [0.5, 0.6) is 0 Å². The lowest BCUT2D eigenvalue weighted by atomic mass is 9.92. The molecule has 178 valence electrons. The van der Waals surface area contributed by atoms with Gasteiger partial charge in [-0.05, 0) is 36.1 Å². The number of nitrogens with one attached hydrogen (secondary N) is 1. The van der Waals surface area contributed by atoms with Crippen molar-refractivity contribution in [2.75, 3.05) is 7.11 Å². The highest BCUT2D eigenvalue weighted by Gasteiger charge is 2.36. The Morgan fingerprint density at radius 3 is 2.82 bits per heavy atom. The van der Waals surface area contributed by atoms with Gasteiger partial charge >= 0.3 is 0 Å². The van der Waals surface area contributed by atoms with Crippen molar-refractivity contribution in [3.8, 4) is 0 Å². The van der Waals surface area contributed by atoms with Gasteiger partial charge in [0.25, 0.3) is 5.56 Å². The molecule has 5 rings (SSSR count). The van der Waals surface area contributed by atoms with Crippen LogP contribution in [0.25, 0.3) is 16.6 Å². The maximum absolute atomic E-state index is 14.2. The number of fused-ring (bicyclic) bond motifs is 1. The molecule has 1 N–H and O–H groups in total. The first-order valence-electron chi connectivity index (χ1n) is 11.2. The number of allylic oxidation sites excluding steroid dienone is 1. The molecule has 1 aliphatic carbocycles. The van der Waals surface area contributed by atoms with Gasteiger partial charge in [-0.15, -0.1) is 0 Å². The second-order valence-electron chi connectivity index (χ2n) is 8.72. The molecule has 1 atom stereocenters. The Hall–Kier alpha value is -3.27. The summed E-state index contributed by atoms with van der Waals surface area (Å²) in [5.74, 6) is -2.74. The van der Waals surface area contributed by atoms with E-state index in [4.69, 9.17) is 4.74 Å². The molecule has 0 spiro atoms. The van der Waals surface area contributed by atoms with Gasteiger partial charge in [-0.2, -0.15) is 5.10 Å². The van der Waals surface area contributed by atoms with Gasteiger partial charge in [0, 0.05) is 44.6 Å². The molecule has 1 aromatic carbocycles. The molecule has 3 heterocycles. The van der Waals surface area contributed by atoms with Crippen molar-refractivity contribution in [1.29, 1.82) is 0 Å². The lowest BCUT2D eigenvalue weighted by Crippen LogP contribution is -2.27. The van der Waals surface area contributed by atoms with Crippen molar-refractivity contribution in [1.82, 2.24) is 19.7 Å². The second-order valence-corrected chi connectivity index (χ2v) is 8.72. The zero-order valence-corrected chi connectivity index (χ0v) is 18.6. The number of aromatic amines is 1. The molecule has 0 saturated heterocycles. The number of dihydropyridines is 1.